The molecule has 2 heteroatoms. The van der Waals surface area contributed by atoms with Gasteiger partial charge in [-0.25, -0.2) is 0 Å². The number of hydrogen-bond donors (Lipinski definition) is 1. The van der Waals surface area contributed by atoms with E-state index in [1.165, 1.54) is 24.9 Å². The van der Waals surface area contributed by atoms with Gasteiger partial charge in [-0.05, 0) is 31.4 Å². The maximum atomic E-state index is 5.98. The van der Waals surface area contributed by atoms with Crippen LogP contribution in [0, 0.1) is 0 Å². The SMILES string of the molecule is CCC1CCCN1c1ccccc1N. The van der Waals surface area contributed by atoms with Crippen molar-refractivity contribution >= 4 is 11.4 Å². The van der Waals surface area contributed by atoms with Gasteiger partial charge in [-0.1, -0.05) is 19.1 Å². The van der Waals surface area contributed by atoms with Gasteiger partial charge in [-0.3, -0.25) is 0 Å². The van der Waals surface area contributed by atoms with Gasteiger partial charge in [0.25, 0.3) is 0 Å². The van der Waals surface area contributed by atoms with Gasteiger partial charge in [0.15, 0.2) is 0 Å². The summed E-state index contributed by atoms with van der Waals surface area (Å²) in [6, 6.07) is 8.87. The molecule has 1 atom stereocenters. The number of benzene rings is 1. The Morgan fingerprint density at radius 1 is 1.43 bits per heavy atom. The van der Waals surface area contributed by atoms with Gasteiger partial charge in [-0.15, -0.1) is 0 Å². The van der Waals surface area contributed by atoms with E-state index in [1.807, 2.05) is 12.1 Å². The molecule has 1 heterocycles. The molecule has 1 aliphatic heterocycles. The van der Waals surface area contributed by atoms with E-state index in [2.05, 4.69) is 24.0 Å². The van der Waals surface area contributed by atoms with Crippen LogP contribution in [0.1, 0.15) is 26.2 Å². The van der Waals surface area contributed by atoms with Crippen molar-refractivity contribution in [3.8, 4) is 0 Å². The quantitative estimate of drug-likeness (QED) is 0.726. The van der Waals surface area contributed by atoms with Gasteiger partial charge in [-0.2, -0.15) is 0 Å². The highest BCUT2D eigenvalue weighted by Gasteiger charge is 2.23. The van der Waals surface area contributed by atoms with Crippen LogP contribution in [0.3, 0.4) is 0 Å². The van der Waals surface area contributed by atoms with Crippen LogP contribution in [0.25, 0.3) is 0 Å². The van der Waals surface area contributed by atoms with Gasteiger partial charge in [0.1, 0.15) is 0 Å². The average Bonchev–Trinajstić information content (AvgIpc) is 2.66. The summed E-state index contributed by atoms with van der Waals surface area (Å²) < 4.78 is 0. The number of hydrogen-bond acceptors (Lipinski definition) is 2. The van der Waals surface area contributed by atoms with Crippen molar-refractivity contribution in [2.24, 2.45) is 0 Å². The molecule has 0 aliphatic carbocycles. The molecule has 0 radical (unpaired) electrons. The number of anilines is 2. The summed E-state index contributed by atoms with van der Waals surface area (Å²) in [5.41, 5.74) is 8.10. The first-order valence-corrected chi connectivity index (χ1v) is 5.44. The molecule has 0 bridgehead atoms. The fraction of sp³-hybridized carbons (Fsp3) is 0.500. The molecule has 2 N–H and O–H groups in total. The van der Waals surface area contributed by atoms with Crippen molar-refractivity contribution < 1.29 is 0 Å². The maximum Gasteiger partial charge on any atom is 0.0602 e. The zero-order valence-corrected chi connectivity index (χ0v) is 8.74. The van der Waals surface area contributed by atoms with E-state index >= 15 is 0 Å². The number of rotatable bonds is 2. The first-order chi connectivity index (χ1) is 6.83. The highest BCUT2D eigenvalue weighted by molar-refractivity contribution is 5.68. The molecule has 0 aromatic heterocycles. The summed E-state index contributed by atoms with van der Waals surface area (Å²) in [4.78, 5) is 2.45. The van der Waals surface area contributed by atoms with Crippen molar-refractivity contribution in [2.45, 2.75) is 32.2 Å². The fourth-order valence-corrected chi connectivity index (χ4v) is 2.33. The van der Waals surface area contributed by atoms with E-state index in [0.717, 1.165) is 12.2 Å². The van der Waals surface area contributed by atoms with Crippen LogP contribution in [0.5, 0.6) is 0 Å². The molecule has 0 spiro atoms. The summed E-state index contributed by atoms with van der Waals surface area (Å²) in [6.07, 6.45) is 3.83. The number of para-hydroxylation sites is 2. The topological polar surface area (TPSA) is 29.3 Å². The van der Waals surface area contributed by atoms with Gasteiger partial charge in [0.05, 0.1) is 11.4 Å². The van der Waals surface area contributed by atoms with Crippen LogP contribution >= 0.6 is 0 Å². The number of nitrogens with zero attached hydrogens (tertiary/aromatic N) is 1. The smallest absolute Gasteiger partial charge is 0.0602 e. The predicted molar refractivity (Wildman–Crippen MR) is 61.5 cm³/mol. The normalized spacial score (nSPS) is 21.5. The van der Waals surface area contributed by atoms with Crippen molar-refractivity contribution in [1.29, 1.82) is 0 Å². The molecule has 1 unspecified atom stereocenters. The minimum absolute atomic E-state index is 0.694. The highest BCUT2D eigenvalue weighted by atomic mass is 15.2. The molecule has 2 nitrogen and oxygen atoms in total. The molecule has 1 saturated heterocycles. The van der Waals surface area contributed by atoms with Gasteiger partial charge in [0, 0.05) is 12.6 Å². The maximum absolute atomic E-state index is 5.98. The molecule has 0 saturated carbocycles. The van der Waals surface area contributed by atoms with E-state index in [9.17, 15) is 0 Å². The summed E-state index contributed by atoms with van der Waals surface area (Å²) in [7, 11) is 0. The molecule has 1 aromatic rings. The Morgan fingerprint density at radius 2 is 2.21 bits per heavy atom. The first-order valence-electron chi connectivity index (χ1n) is 5.44. The minimum Gasteiger partial charge on any atom is -0.397 e. The third-order valence-corrected chi connectivity index (χ3v) is 3.09. The van der Waals surface area contributed by atoms with Crippen LogP contribution in [0.15, 0.2) is 24.3 Å². The summed E-state index contributed by atoms with van der Waals surface area (Å²) >= 11 is 0. The van der Waals surface area contributed by atoms with E-state index in [-0.39, 0.29) is 0 Å². The second-order valence-corrected chi connectivity index (χ2v) is 3.96. The Balaban J connectivity index is 2.26. The molecule has 1 aliphatic rings. The largest absolute Gasteiger partial charge is 0.397 e. The Bertz CT molecular complexity index is 309. The van der Waals surface area contributed by atoms with Crippen LogP contribution < -0.4 is 10.6 Å². The number of nitrogens with two attached hydrogens (primary N) is 1. The third kappa shape index (κ3) is 1.57. The zero-order chi connectivity index (χ0) is 9.97. The van der Waals surface area contributed by atoms with E-state index in [1.54, 1.807) is 0 Å². The minimum atomic E-state index is 0.694. The molecule has 1 aromatic carbocycles. The van der Waals surface area contributed by atoms with Crippen molar-refractivity contribution in [1.82, 2.24) is 0 Å². The first kappa shape index (κ1) is 9.38. The van der Waals surface area contributed by atoms with Gasteiger partial charge >= 0.3 is 0 Å². The predicted octanol–water partition coefficient (Wildman–Crippen LogP) is 2.65. The molecule has 2 rings (SSSR count). The molecule has 1 fully saturated rings. The molecular formula is C12H18N2. The standard InChI is InChI=1S/C12H18N2/c1-2-10-6-5-9-14(10)12-8-4-3-7-11(12)13/h3-4,7-8,10H,2,5-6,9,13H2,1H3. The molecule has 0 amide bonds. The van der Waals surface area contributed by atoms with E-state index in [4.69, 9.17) is 5.73 Å². The van der Waals surface area contributed by atoms with Crippen LogP contribution in [0.2, 0.25) is 0 Å². The van der Waals surface area contributed by atoms with Crippen molar-refractivity contribution in [3.63, 3.8) is 0 Å². The summed E-state index contributed by atoms with van der Waals surface area (Å²) in [5, 5.41) is 0. The van der Waals surface area contributed by atoms with Crippen molar-refractivity contribution in [3.05, 3.63) is 24.3 Å². The van der Waals surface area contributed by atoms with Gasteiger partial charge < -0.3 is 10.6 Å². The average molecular weight is 190 g/mol. The lowest BCUT2D eigenvalue weighted by molar-refractivity contribution is 0.646. The second-order valence-electron chi connectivity index (χ2n) is 3.96. The Kier molecular flexibility index (Phi) is 2.62. The zero-order valence-electron chi connectivity index (χ0n) is 8.74. The lowest BCUT2D eigenvalue weighted by Crippen LogP contribution is -2.29. The van der Waals surface area contributed by atoms with Crippen molar-refractivity contribution in [2.75, 3.05) is 17.2 Å². The number of nitrogen functional groups attached to an aromatic ring is 1. The summed E-state index contributed by atoms with van der Waals surface area (Å²) in [6.45, 7) is 3.41. The molecule has 76 valence electrons. The Hall–Kier alpha value is -1.18. The lowest BCUT2D eigenvalue weighted by Gasteiger charge is -2.27. The van der Waals surface area contributed by atoms with Crippen LogP contribution in [-0.4, -0.2) is 12.6 Å². The summed E-state index contributed by atoms with van der Waals surface area (Å²) in [5.74, 6) is 0. The van der Waals surface area contributed by atoms with Crippen LogP contribution in [-0.2, 0) is 0 Å². The van der Waals surface area contributed by atoms with E-state index in [0.29, 0.717) is 6.04 Å². The molecule has 14 heavy (non-hydrogen) atoms. The Morgan fingerprint density at radius 3 is 2.93 bits per heavy atom. The second kappa shape index (κ2) is 3.91. The third-order valence-electron chi connectivity index (χ3n) is 3.09. The van der Waals surface area contributed by atoms with Gasteiger partial charge in [0.2, 0.25) is 0 Å². The lowest BCUT2D eigenvalue weighted by atomic mass is 10.1. The monoisotopic (exact) mass is 190 g/mol. The Labute approximate surface area is 85.7 Å². The fourth-order valence-electron chi connectivity index (χ4n) is 2.33. The molecular weight excluding hydrogens is 172 g/mol. The van der Waals surface area contributed by atoms with E-state index < -0.39 is 0 Å². The van der Waals surface area contributed by atoms with Crippen LogP contribution in [0.4, 0.5) is 11.4 Å². The highest BCUT2D eigenvalue weighted by Crippen LogP contribution is 2.31.